The van der Waals surface area contributed by atoms with Crippen LogP contribution in [0.2, 0.25) is 0 Å². The Morgan fingerprint density at radius 1 is 0.448 bits per heavy atom. The van der Waals surface area contributed by atoms with Crippen molar-refractivity contribution < 1.29 is 0 Å². The Labute approximate surface area is 339 Å². The molecule has 0 saturated heterocycles. The first-order valence-electron chi connectivity index (χ1n) is 21.7. The van der Waals surface area contributed by atoms with Gasteiger partial charge in [0, 0.05) is 43.1 Å². The predicted molar refractivity (Wildman–Crippen MR) is 240 cm³/mol. The number of hydrogen-bond acceptors (Lipinski definition) is 2. The largest absolute Gasteiger partial charge is 0.308 e. The van der Waals surface area contributed by atoms with Crippen LogP contribution in [0.3, 0.4) is 0 Å². The van der Waals surface area contributed by atoms with Gasteiger partial charge in [-0.15, -0.1) is 0 Å². The predicted octanol–water partition coefficient (Wildman–Crippen LogP) is 13.8. The van der Waals surface area contributed by atoms with Gasteiger partial charge in [-0.1, -0.05) is 69.2 Å². The molecule has 4 aliphatic rings. The normalized spacial score (nSPS) is 26.6. The molecular formula is C54H50N4. The van der Waals surface area contributed by atoms with Crippen LogP contribution in [0.1, 0.15) is 152 Å². The van der Waals surface area contributed by atoms with E-state index in [2.05, 4.69) is 139 Å². The average Bonchev–Trinajstić information content (AvgIpc) is 4.03. The average molecular weight is 755 g/mol. The standard InChI is InChI=1S/C54H50N4/c1-49(2,3)29-17-33-31-21-38-32(22-37(31)57-39-15-27(23-55)43-45(41(39)35(19-29)47(33)57)53(9)13-11-51(43,7)25-53)34-18-30(50(4,5)6)20-36-42-40(58(38)48(34)36)16-28(24-56)44-46(42)54(10)14-12-52(44,8)26-54/h15-22H,11-14,25-26H2,1-10H3. The number of rotatable bonds is 0. The monoisotopic (exact) mass is 754 g/mol. The Morgan fingerprint density at radius 2 is 0.793 bits per heavy atom. The third kappa shape index (κ3) is 3.51. The number of nitriles is 2. The Morgan fingerprint density at radius 3 is 1.14 bits per heavy atom. The summed E-state index contributed by atoms with van der Waals surface area (Å²) in [7, 11) is 0. The lowest BCUT2D eigenvalue weighted by Gasteiger charge is -2.29. The van der Waals surface area contributed by atoms with Gasteiger partial charge in [0.25, 0.3) is 0 Å². The van der Waals surface area contributed by atoms with E-state index in [0.29, 0.717) is 0 Å². The van der Waals surface area contributed by atoms with Gasteiger partial charge in [0.05, 0.1) is 56.4 Å². The number of benzene rings is 5. The molecule has 2 saturated carbocycles. The second kappa shape index (κ2) is 9.42. The number of hydrogen-bond donors (Lipinski definition) is 0. The molecule has 286 valence electrons. The van der Waals surface area contributed by atoms with Crippen molar-refractivity contribution in [3.63, 3.8) is 0 Å². The summed E-state index contributed by atoms with van der Waals surface area (Å²) in [6.07, 6.45) is 6.88. The molecule has 0 spiro atoms. The van der Waals surface area contributed by atoms with E-state index in [1.165, 1.54) is 122 Å². The van der Waals surface area contributed by atoms with Crippen molar-refractivity contribution >= 4 is 76.2 Å². The minimum atomic E-state index is -0.0498. The number of aromatic nitrogens is 2. The van der Waals surface area contributed by atoms with Crippen molar-refractivity contribution in [1.29, 1.82) is 10.5 Å². The van der Waals surface area contributed by atoms with E-state index in [-0.39, 0.29) is 32.5 Å². The summed E-state index contributed by atoms with van der Waals surface area (Å²) in [6, 6.07) is 24.8. The zero-order valence-corrected chi connectivity index (χ0v) is 35.7. The van der Waals surface area contributed by atoms with Crippen LogP contribution in [0, 0.1) is 22.7 Å². The summed E-state index contributed by atoms with van der Waals surface area (Å²) in [5.74, 6) is 0. The van der Waals surface area contributed by atoms with Gasteiger partial charge in [-0.25, -0.2) is 0 Å². The second-order valence-corrected chi connectivity index (χ2v) is 22.9. The van der Waals surface area contributed by atoms with E-state index in [1.54, 1.807) is 0 Å². The lowest BCUT2D eigenvalue weighted by Crippen LogP contribution is -2.20. The van der Waals surface area contributed by atoms with Gasteiger partial charge in [-0.05, 0) is 153 Å². The molecule has 4 atom stereocenters. The molecule has 13 rings (SSSR count). The van der Waals surface area contributed by atoms with Crippen molar-refractivity contribution in [2.24, 2.45) is 0 Å². The summed E-state index contributed by atoms with van der Waals surface area (Å²) < 4.78 is 5.08. The van der Waals surface area contributed by atoms with Gasteiger partial charge < -0.3 is 8.80 Å². The minimum Gasteiger partial charge on any atom is -0.308 e. The zero-order chi connectivity index (χ0) is 40.2. The minimum absolute atomic E-state index is 0.0466. The molecule has 0 aliphatic heterocycles. The summed E-state index contributed by atoms with van der Waals surface area (Å²) in [5, 5.41) is 32.2. The molecule has 4 aromatic heterocycles. The highest BCUT2D eigenvalue weighted by atomic mass is 14.9. The van der Waals surface area contributed by atoms with E-state index in [1.807, 2.05) is 0 Å². The van der Waals surface area contributed by atoms with Crippen molar-refractivity contribution in [2.75, 3.05) is 0 Å². The first kappa shape index (κ1) is 33.6. The Kier molecular flexibility index (Phi) is 5.46. The van der Waals surface area contributed by atoms with Crippen molar-refractivity contribution in [3.05, 3.63) is 93.0 Å². The smallest absolute Gasteiger partial charge is 0.0995 e. The molecule has 0 amide bonds. The maximum atomic E-state index is 10.8. The van der Waals surface area contributed by atoms with Gasteiger partial charge >= 0.3 is 0 Å². The molecule has 4 nitrogen and oxygen atoms in total. The quantitative estimate of drug-likeness (QED) is 0.155. The highest BCUT2D eigenvalue weighted by Gasteiger charge is 2.56. The molecule has 0 radical (unpaired) electrons. The summed E-state index contributed by atoms with van der Waals surface area (Å²) in [6.45, 7) is 23.8. The van der Waals surface area contributed by atoms with Crippen LogP contribution in [0.15, 0.2) is 48.5 Å². The second-order valence-electron chi connectivity index (χ2n) is 22.9. The molecule has 0 N–H and O–H groups in total. The Hall–Kier alpha value is -5.32. The highest BCUT2D eigenvalue weighted by molar-refractivity contribution is 6.30. The SMILES string of the molecule is CC(C)(C)c1cc2c3cc4c(cc3n3c5cc(C#N)c6c(c5c(c1)c23)C1(C)CCC6(C)C1)c1cc(C(C)(C)C)cc2c3c5c(c(C#N)cc3n4c12)C1(C)CCC5(C)C1. The van der Waals surface area contributed by atoms with Gasteiger partial charge in [-0.2, -0.15) is 10.5 Å². The van der Waals surface area contributed by atoms with Crippen molar-refractivity contribution in [3.8, 4) is 12.1 Å². The first-order chi connectivity index (χ1) is 27.3. The van der Waals surface area contributed by atoms with E-state index in [9.17, 15) is 10.5 Å². The Balaban J connectivity index is 1.26. The van der Waals surface area contributed by atoms with Gasteiger partial charge in [0.1, 0.15) is 0 Å². The molecule has 4 unspecified atom stereocenters. The van der Waals surface area contributed by atoms with E-state index < -0.39 is 0 Å². The molecule has 4 heteroatoms. The first-order valence-corrected chi connectivity index (χ1v) is 21.7. The van der Waals surface area contributed by atoms with Crippen LogP contribution >= 0.6 is 0 Å². The molecular weight excluding hydrogens is 705 g/mol. The molecule has 5 aromatic carbocycles. The number of fused-ring (bicyclic) bond motifs is 24. The lowest BCUT2D eigenvalue weighted by molar-refractivity contribution is 0.484. The molecule has 2 fully saturated rings. The van der Waals surface area contributed by atoms with Crippen LogP contribution in [0.25, 0.3) is 76.2 Å². The Bertz CT molecular complexity index is 3320. The van der Waals surface area contributed by atoms with E-state index in [4.69, 9.17) is 0 Å². The van der Waals surface area contributed by atoms with Gasteiger partial charge in [0.2, 0.25) is 0 Å². The van der Waals surface area contributed by atoms with Gasteiger partial charge in [-0.3, -0.25) is 0 Å². The summed E-state index contributed by atoms with van der Waals surface area (Å²) in [5.41, 5.74) is 17.4. The maximum absolute atomic E-state index is 10.8. The van der Waals surface area contributed by atoms with Crippen LogP contribution in [-0.2, 0) is 32.5 Å². The van der Waals surface area contributed by atoms with Crippen LogP contribution in [0.5, 0.6) is 0 Å². The van der Waals surface area contributed by atoms with Crippen molar-refractivity contribution in [2.45, 2.75) is 140 Å². The molecule has 4 heterocycles. The van der Waals surface area contributed by atoms with Crippen molar-refractivity contribution in [1.82, 2.24) is 8.80 Å². The fraction of sp³-hybridized carbons (Fsp3) is 0.407. The summed E-state index contributed by atoms with van der Waals surface area (Å²) in [4.78, 5) is 0. The molecule has 4 bridgehead atoms. The fourth-order valence-corrected chi connectivity index (χ4v) is 14.4. The molecule has 58 heavy (non-hydrogen) atoms. The van der Waals surface area contributed by atoms with Crippen LogP contribution in [0.4, 0.5) is 0 Å². The third-order valence-electron chi connectivity index (χ3n) is 16.9. The highest BCUT2D eigenvalue weighted by Crippen LogP contribution is 2.66. The topological polar surface area (TPSA) is 56.4 Å². The number of nitrogens with zero attached hydrogens (tertiary/aromatic N) is 4. The van der Waals surface area contributed by atoms with E-state index in [0.717, 1.165) is 36.8 Å². The lowest BCUT2D eigenvalue weighted by atomic mass is 9.74. The summed E-state index contributed by atoms with van der Waals surface area (Å²) >= 11 is 0. The molecule has 9 aromatic rings. The van der Waals surface area contributed by atoms with Crippen LogP contribution < -0.4 is 0 Å². The fourth-order valence-electron chi connectivity index (χ4n) is 14.4. The zero-order valence-electron chi connectivity index (χ0n) is 35.7. The van der Waals surface area contributed by atoms with Crippen LogP contribution in [-0.4, -0.2) is 8.80 Å². The van der Waals surface area contributed by atoms with Gasteiger partial charge in [0.15, 0.2) is 0 Å². The van der Waals surface area contributed by atoms with E-state index >= 15 is 0 Å². The maximum Gasteiger partial charge on any atom is 0.0995 e. The molecule has 4 aliphatic carbocycles. The third-order valence-corrected chi connectivity index (χ3v) is 16.9.